The van der Waals surface area contributed by atoms with E-state index in [0.29, 0.717) is 37.0 Å². The van der Waals surface area contributed by atoms with Crippen LogP contribution < -0.4 is 5.32 Å². The number of sulfonamides is 1. The zero-order valence-corrected chi connectivity index (χ0v) is 24.3. The van der Waals surface area contributed by atoms with Gasteiger partial charge in [-0.1, -0.05) is 64.0 Å². The molecule has 10 heteroatoms. The molecule has 1 saturated heterocycles. The Labute approximate surface area is 231 Å². The zero-order chi connectivity index (χ0) is 28.2. The van der Waals surface area contributed by atoms with Crippen LogP contribution in [-0.2, 0) is 26.8 Å². The van der Waals surface area contributed by atoms with Crippen LogP contribution in [0.1, 0.15) is 58.9 Å². The number of carbonyl (C=O) groups excluding carboxylic acids is 1. The first-order chi connectivity index (χ1) is 18.5. The molecule has 1 fully saturated rings. The van der Waals surface area contributed by atoms with Gasteiger partial charge in [0.2, 0.25) is 27.6 Å². The van der Waals surface area contributed by atoms with Crippen molar-refractivity contribution >= 4 is 21.6 Å². The van der Waals surface area contributed by atoms with Gasteiger partial charge in [-0.15, -0.1) is 0 Å². The molecule has 4 rings (SSSR count). The molecular formula is C29H39N5O4S. The molecule has 0 saturated carbocycles. The summed E-state index contributed by atoms with van der Waals surface area (Å²) < 4.78 is 32.3. The van der Waals surface area contributed by atoms with E-state index in [1.165, 1.54) is 9.87 Å². The molecule has 0 aliphatic carbocycles. The molecule has 1 aliphatic heterocycles. The lowest BCUT2D eigenvalue weighted by Gasteiger charge is -2.30. The number of hydrogen-bond acceptors (Lipinski definition) is 7. The van der Waals surface area contributed by atoms with Crippen molar-refractivity contribution in [2.75, 3.05) is 31.5 Å². The van der Waals surface area contributed by atoms with Crippen LogP contribution in [-0.4, -0.2) is 59.8 Å². The van der Waals surface area contributed by atoms with E-state index in [4.69, 9.17) is 4.52 Å². The fourth-order valence-electron chi connectivity index (χ4n) is 4.77. The maximum absolute atomic E-state index is 12.9. The van der Waals surface area contributed by atoms with E-state index in [9.17, 15) is 13.2 Å². The lowest BCUT2D eigenvalue weighted by atomic mass is 9.87. The summed E-state index contributed by atoms with van der Waals surface area (Å²) >= 11 is 0. The van der Waals surface area contributed by atoms with Crippen molar-refractivity contribution in [2.24, 2.45) is 5.92 Å². The van der Waals surface area contributed by atoms with Crippen molar-refractivity contribution in [3.8, 4) is 11.4 Å². The first-order valence-corrected chi connectivity index (χ1v) is 15.0. The Morgan fingerprint density at radius 3 is 2.21 bits per heavy atom. The summed E-state index contributed by atoms with van der Waals surface area (Å²) in [7, 11) is -3.52. The Balaban J connectivity index is 1.27. The van der Waals surface area contributed by atoms with Crippen molar-refractivity contribution in [1.82, 2.24) is 19.3 Å². The number of likely N-dealkylation sites (tertiary alicyclic amines) is 1. The van der Waals surface area contributed by atoms with Crippen LogP contribution in [0, 0.1) is 5.92 Å². The normalized spacial score (nSPS) is 15.5. The SMILES string of the molecule is CCN(CC)S(=O)(=O)c1ccc(NC(=O)C2CCN(Cc3nc(-c4ccc(C(C)(C)C)cc4)no3)CC2)cc1. The van der Waals surface area contributed by atoms with Crippen LogP contribution in [0.2, 0.25) is 0 Å². The van der Waals surface area contributed by atoms with Gasteiger partial charge in [0.1, 0.15) is 0 Å². The van der Waals surface area contributed by atoms with Crippen molar-refractivity contribution in [3.05, 3.63) is 60.0 Å². The molecule has 0 radical (unpaired) electrons. The average molecular weight is 554 g/mol. The Morgan fingerprint density at radius 2 is 1.64 bits per heavy atom. The lowest BCUT2D eigenvalue weighted by Crippen LogP contribution is -2.37. The second-order valence-electron chi connectivity index (χ2n) is 11.0. The molecule has 39 heavy (non-hydrogen) atoms. The van der Waals surface area contributed by atoms with Gasteiger partial charge in [-0.3, -0.25) is 9.69 Å². The van der Waals surface area contributed by atoms with Crippen LogP contribution in [0.5, 0.6) is 0 Å². The zero-order valence-electron chi connectivity index (χ0n) is 23.5. The molecule has 1 N–H and O–H groups in total. The summed E-state index contributed by atoms with van der Waals surface area (Å²) in [6.07, 6.45) is 1.44. The first kappa shape index (κ1) is 28.9. The Bertz CT molecular complexity index is 1350. The largest absolute Gasteiger partial charge is 0.338 e. The molecule has 2 heterocycles. The van der Waals surface area contributed by atoms with Crippen LogP contribution in [0.25, 0.3) is 11.4 Å². The minimum Gasteiger partial charge on any atom is -0.338 e. The molecule has 1 aromatic heterocycles. The summed E-state index contributed by atoms with van der Waals surface area (Å²) in [4.78, 5) is 19.9. The van der Waals surface area contributed by atoms with Crippen molar-refractivity contribution < 1.29 is 17.7 Å². The Kier molecular flexibility index (Phi) is 8.88. The highest BCUT2D eigenvalue weighted by atomic mass is 32.2. The summed E-state index contributed by atoms with van der Waals surface area (Å²) in [6, 6.07) is 14.6. The number of hydrogen-bond donors (Lipinski definition) is 1. The van der Waals surface area contributed by atoms with E-state index in [1.54, 1.807) is 24.3 Å². The van der Waals surface area contributed by atoms with Gasteiger partial charge in [0, 0.05) is 30.3 Å². The highest BCUT2D eigenvalue weighted by molar-refractivity contribution is 7.89. The van der Waals surface area contributed by atoms with Crippen LogP contribution in [0.4, 0.5) is 5.69 Å². The molecule has 9 nitrogen and oxygen atoms in total. The first-order valence-electron chi connectivity index (χ1n) is 13.6. The Morgan fingerprint density at radius 1 is 1.03 bits per heavy atom. The summed E-state index contributed by atoms with van der Waals surface area (Å²) in [5.74, 6) is 0.982. The van der Waals surface area contributed by atoms with E-state index in [2.05, 4.69) is 53.3 Å². The highest BCUT2D eigenvalue weighted by Crippen LogP contribution is 2.26. The van der Waals surface area contributed by atoms with E-state index in [-0.39, 0.29) is 22.1 Å². The summed E-state index contributed by atoms with van der Waals surface area (Å²) in [6.45, 7) is 13.0. The molecule has 1 aliphatic rings. The second kappa shape index (κ2) is 12.0. The number of anilines is 1. The van der Waals surface area contributed by atoms with Crippen molar-refractivity contribution in [3.63, 3.8) is 0 Å². The molecule has 210 valence electrons. The van der Waals surface area contributed by atoms with Gasteiger partial charge in [0.25, 0.3) is 0 Å². The summed E-state index contributed by atoms with van der Waals surface area (Å²) in [5, 5.41) is 7.10. The maximum Gasteiger partial charge on any atom is 0.243 e. The van der Waals surface area contributed by atoms with Crippen LogP contribution in [0.3, 0.4) is 0 Å². The molecular weight excluding hydrogens is 514 g/mol. The monoisotopic (exact) mass is 553 g/mol. The third kappa shape index (κ3) is 6.93. The molecule has 0 unspecified atom stereocenters. The van der Waals surface area contributed by atoms with Crippen LogP contribution >= 0.6 is 0 Å². The fraction of sp³-hybridized carbons (Fsp3) is 0.483. The standard InChI is InChI=1S/C29H39N5O4S/c1-6-34(7-2)39(36,37)25-14-12-24(13-15-25)30-28(35)22-16-18-33(19-17-22)20-26-31-27(32-38-26)21-8-10-23(11-9-21)29(3,4)5/h8-15,22H,6-7,16-20H2,1-5H3,(H,30,35). The third-order valence-corrected chi connectivity index (χ3v) is 9.32. The maximum atomic E-state index is 12.9. The van der Waals surface area contributed by atoms with Crippen LogP contribution in [0.15, 0.2) is 57.9 Å². The van der Waals surface area contributed by atoms with Gasteiger partial charge in [0.05, 0.1) is 11.4 Å². The minimum atomic E-state index is -3.52. The van der Waals surface area contributed by atoms with Gasteiger partial charge in [0.15, 0.2) is 0 Å². The van der Waals surface area contributed by atoms with Gasteiger partial charge < -0.3 is 9.84 Å². The predicted octanol–water partition coefficient (Wildman–Crippen LogP) is 4.92. The Hall–Kier alpha value is -3.08. The second-order valence-corrected chi connectivity index (χ2v) is 12.9. The smallest absolute Gasteiger partial charge is 0.243 e. The quantitative estimate of drug-likeness (QED) is 0.401. The topological polar surface area (TPSA) is 109 Å². The number of carbonyl (C=O) groups is 1. The van der Waals surface area contributed by atoms with E-state index < -0.39 is 10.0 Å². The third-order valence-electron chi connectivity index (χ3n) is 7.26. The predicted molar refractivity (Wildman–Crippen MR) is 152 cm³/mol. The number of nitrogens with one attached hydrogen (secondary N) is 1. The number of nitrogens with zero attached hydrogens (tertiary/aromatic N) is 4. The van der Waals surface area contributed by atoms with Crippen molar-refractivity contribution in [2.45, 2.75) is 64.3 Å². The molecule has 1 amide bonds. The van der Waals surface area contributed by atoms with Gasteiger partial charge in [-0.25, -0.2) is 8.42 Å². The highest BCUT2D eigenvalue weighted by Gasteiger charge is 2.27. The van der Waals surface area contributed by atoms with E-state index in [0.717, 1.165) is 31.5 Å². The van der Waals surface area contributed by atoms with Gasteiger partial charge in [-0.05, 0) is 61.2 Å². The molecule has 0 bridgehead atoms. The van der Waals surface area contributed by atoms with Gasteiger partial charge >= 0.3 is 0 Å². The summed E-state index contributed by atoms with van der Waals surface area (Å²) in [5.41, 5.74) is 2.85. The van der Waals surface area contributed by atoms with Gasteiger partial charge in [-0.2, -0.15) is 9.29 Å². The molecule has 3 aromatic rings. The molecule has 0 spiro atoms. The number of benzene rings is 2. The van der Waals surface area contributed by atoms with E-state index in [1.807, 2.05) is 26.0 Å². The molecule has 2 aromatic carbocycles. The lowest BCUT2D eigenvalue weighted by molar-refractivity contribution is -0.121. The van der Waals surface area contributed by atoms with Crippen molar-refractivity contribution in [1.29, 1.82) is 0 Å². The minimum absolute atomic E-state index is 0.0484. The number of piperidine rings is 1. The number of rotatable bonds is 9. The molecule has 0 atom stereocenters. The number of aromatic nitrogens is 2. The number of amides is 1. The fourth-order valence-corrected chi connectivity index (χ4v) is 6.23. The average Bonchev–Trinajstić information content (AvgIpc) is 3.38. The van der Waals surface area contributed by atoms with E-state index >= 15 is 0 Å².